The van der Waals surface area contributed by atoms with Gasteiger partial charge < -0.3 is 19.9 Å². The van der Waals surface area contributed by atoms with Crippen molar-refractivity contribution in [2.45, 2.75) is 6.54 Å². The number of hydrogen-bond acceptors (Lipinski definition) is 4. The van der Waals surface area contributed by atoms with Gasteiger partial charge in [0.05, 0.1) is 12.8 Å². The van der Waals surface area contributed by atoms with E-state index in [0.717, 1.165) is 5.56 Å². The molecule has 2 heterocycles. The number of pyridine rings is 1. The molecule has 1 fully saturated rings. The van der Waals surface area contributed by atoms with Crippen LogP contribution in [0.2, 0.25) is 5.02 Å². The summed E-state index contributed by atoms with van der Waals surface area (Å²) < 4.78 is 5.09. The Kier molecular flexibility index (Phi) is 5.58. The molecule has 136 valence electrons. The Balaban J connectivity index is 1.56. The third kappa shape index (κ3) is 4.23. The van der Waals surface area contributed by atoms with Gasteiger partial charge in [-0.2, -0.15) is 0 Å². The van der Waals surface area contributed by atoms with Crippen LogP contribution in [-0.2, 0) is 11.3 Å². The molecule has 0 atom stereocenters. The molecule has 26 heavy (non-hydrogen) atoms. The van der Waals surface area contributed by atoms with Crippen LogP contribution in [0.4, 0.5) is 10.5 Å². The number of benzene rings is 1. The number of halogens is 1. The summed E-state index contributed by atoms with van der Waals surface area (Å²) in [5.41, 5.74) is 1.65. The van der Waals surface area contributed by atoms with Gasteiger partial charge in [-0.1, -0.05) is 23.7 Å². The molecule has 3 amide bonds. The fourth-order valence-electron chi connectivity index (χ4n) is 2.69. The quantitative estimate of drug-likeness (QED) is 0.891. The van der Waals surface area contributed by atoms with E-state index in [1.165, 1.54) is 12.0 Å². The van der Waals surface area contributed by atoms with E-state index in [1.54, 1.807) is 35.4 Å². The number of nitrogens with zero attached hydrogens (tertiary/aromatic N) is 3. The predicted octanol–water partition coefficient (Wildman–Crippen LogP) is 2.30. The second kappa shape index (κ2) is 8.05. The van der Waals surface area contributed by atoms with E-state index >= 15 is 0 Å². The number of anilines is 1. The average molecular weight is 375 g/mol. The van der Waals surface area contributed by atoms with Crippen molar-refractivity contribution < 1.29 is 14.3 Å². The van der Waals surface area contributed by atoms with E-state index in [1.807, 2.05) is 12.1 Å². The highest BCUT2D eigenvalue weighted by molar-refractivity contribution is 6.30. The Hall–Kier alpha value is -2.80. The zero-order chi connectivity index (χ0) is 18.5. The van der Waals surface area contributed by atoms with Crippen LogP contribution in [0.15, 0.2) is 42.6 Å². The molecule has 0 bridgehead atoms. The Labute approximate surface area is 156 Å². The molecule has 0 saturated carbocycles. The first-order valence-electron chi connectivity index (χ1n) is 8.14. The van der Waals surface area contributed by atoms with Crippen LogP contribution in [0.25, 0.3) is 0 Å². The molecule has 8 heteroatoms. The number of amides is 3. The van der Waals surface area contributed by atoms with Crippen LogP contribution in [0.1, 0.15) is 5.56 Å². The number of piperazine rings is 1. The largest absolute Gasteiger partial charge is 0.481 e. The molecule has 1 aromatic carbocycles. The second-order valence-corrected chi connectivity index (χ2v) is 6.24. The third-order valence-corrected chi connectivity index (χ3v) is 4.36. The highest BCUT2D eigenvalue weighted by Gasteiger charge is 2.28. The van der Waals surface area contributed by atoms with Crippen LogP contribution in [-0.4, -0.2) is 48.6 Å². The van der Waals surface area contributed by atoms with E-state index in [4.69, 9.17) is 16.3 Å². The summed E-state index contributed by atoms with van der Waals surface area (Å²) in [6.45, 7) is 1.27. The summed E-state index contributed by atoms with van der Waals surface area (Å²) >= 11 is 5.85. The molecule has 0 radical (unpaired) electrons. The zero-order valence-corrected chi connectivity index (χ0v) is 15.1. The van der Waals surface area contributed by atoms with Crippen LogP contribution in [0, 0.1) is 0 Å². The van der Waals surface area contributed by atoms with Crippen molar-refractivity contribution in [2.75, 3.05) is 31.6 Å². The molecule has 0 aliphatic carbocycles. The van der Waals surface area contributed by atoms with Gasteiger partial charge in [-0.25, -0.2) is 9.78 Å². The molecule has 3 rings (SSSR count). The molecule has 1 aromatic heterocycles. The molecule has 7 nitrogen and oxygen atoms in total. The van der Waals surface area contributed by atoms with Crippen molar-refractivity contribution in [3.63, 3.8) is 0 Å². The zero-order valence-electron chi connectivity index (χ0n) is 14.3. The van der Waals surface area contributed by atoms with E-state index in [2.05, 4.69) is 10.3 Å². The van der Waals surface area contributed by atoms with Crippen molar-refractivity contribution in [3.8, 4) is 5.88 Å². The molecular weight excluding hydrogens is 356 g/mol. The number of nitrogens with one attached hydrogen (secondary N) is 1. The number of carbonyl (C=O) groups excluding carboxylic acids is 2. The molecule has 1 aliphatic rings. The van der Waals surface area contributed by atoms with E-state index in [-0.39, 0.29) is 18.5 Å². The van der Waals surface area contributed by atoms with E-state index in [0.29, 0.717) is 36.2 Å². The topological polar surface area (TPSA) is 74.8 Å². The lowest BCUT2D eigenvalue weighted by Gasteiger charge is -2.34. The van der Waals surface area contributed by atoms with E-state index in [9.17, 15) is 9.59 Å². The maximum Gasteiger partial charge on any atom is 0.318 e. The van der Waals surface area contributed by atoms with Crippen molar-refractivity contribution >= 4 is 29.2 Å². The first kappa shape index (κ1) is 18.0. The van der Waals surface area contributed by atoms with Crippen molar-refractivity contribution in [3.05, 3.63) is 53.2 Å². The minimum Gasteiger partial charge on any atom is -0.481 e. The minimum atomic E-state index is -0.264. The molecule has 2 aromatic rings. The number of rotatable bonds is 4. The van der Waals surface area contributed by atoms with Crippen LogP contribution >= 0.6 is 11.6 Å². The fraction of sp³-hybridized carbons (Fsp3) is 0.278. The van der Waals surface area contributed by atoms with Gasteiger partial charge in [0.1, 0.15) is 6.54 Å². The number of methoxy groups -OCH3 is 1. The number of aromatic nitrogens is 1. The standard InChI is InChI=1S/C18H19ClN4O3/c1-26-16-10-15(6-7-20-16)23-9-8-22(12-17(23)24)18(25)21-11-13-2-4-14(19)5-3-13/h2-7,10H,8-9,11-12H2,1H3,(H,21,25). The molecule has 0 spiro atoms. The van der Waals surface area contributed by atoms with Gasteiger partial charge in [0.25, 0.3) is 0 Å². The minimum absolute atomic E-state index is 0.0249. The number of hydrogen-bond donors (Lipinski definition) is 1. The van der Waals surface area contributed by atoms with Gasteiger partial charge in [-0.15, -0.1) is 0 Å². The van der Waals surface area contributed by atoms with Crippen LogP contribution < -0.4 is 15.0 Å². The summed E-state index contributed by atoms with van der Waals surface area (Å²) in [5, 5.41) is 3.47. The van der Waals surface area contributed by atoms with Gasteiger partial charge in [-0.05, 0) is 23.8 Å². The summed E-state index contributed by atoms with van der Waals surface area (Å²) in [6, 6.07) is 10.4. The molecule has 1 N–H and O–H groups in total. The average Bonchev–Trinajstić information content (AvgIpc) is 2.67. The van der Waals surface area contributed by atoms with Crippen molar-refractivity contribution in [2.24, 2.45) is 0 Å². The Bertz CT molecular complexity index is 797. The Morgan fingerprint density at radius 3 is 2.73 bits per heavy atom. The SMILES string of the molecule is COc1cc(N2CCN(C(=O)NCc3ccc(Cl)cc3)CC2=O)ccn1. The Morgan fingerprint density at radius 2 is 2.04 bits per heavy atom. The Morgan fingerprint density at radius 1 is 1.27 bits per heavy atom. The maximum atomic E-state index is 12.4. The summed E-state index contributed by atoms with van der Waals surface area (Å²) in [6.07, 6.45) is 1.59. The summed E-state index contributed by atoms with van der Waals surface area (Å²) in [5.74, 6) is 0.296. The molecule has 0 unspecified atom stereocenters. The lowest BCUT2D eigenvalue weighted by Crippen LogP contribution is -2.54. The predicted molar refractivity (Wildman–Crippen MR) is 98.4 cm³/mol. The van der Waals surface area contributed by atoms with Gasteiger partial charge in [0, 0.05) is 36.9 Å². The third-order valence-electron chi connectivity index (χ3n) is 4.10. The van der Waals surface area contributed by atoms with Gasteiger partial charge in [0.15, 0.2) is 0 Å². The van der Waals surface area contributed by atoms with Gasteiger partial charge in [-0.3, -0.25) is 4.79 Å². The highest BCUT2D eigenvalue weighted by atomic mass is 35.5. The molecule has 1 saturated heterocycles. The highest BCUT2D eigenvalue weighted by Crippen LogP contribution is 2.20. The van der Waals surface area contributed by atoms with Crippen LogP contribution in [0.5, 0.6) is 5.88 Å². The number of carbonyl (C=O) groups is 2. The molecular formula is C18H19ClN4O3. The lowest BCUT2D eigenvalue weighted by atomic mass is 10.2. The normalized spacial score (nSPS) is 14.3. The van der Waals surface area contributed by atoms with Gasteiger partial charge in [0.2, 0.25) is 11.8 Å². The second-order valence-electron chi connectivity index (χ2n) is 5.81. The van der Waals surface area contributed by atoms with Crippen LogP contribution in [0.3, 0.4) is 0 Å². The van der Waals surface area contributed by atoms with Crippen molar-refractivity contribution in [1.29, 1.82) is 0 Å². The first-order chi connectivity index (χ1) is 12.6. The lowest BCUT2D eigenvalue weighted by molar-refractivity contribution is -0.120. The maximum absolute atomic E-state index is 12.4. The van der Waals surface area contributed by atoms with Crippen molar-refractivity contribution in [1.82, 2.24) is 15.2 Å². The molecule has 1 aliphatic heterocycles. The number of urea groups is 1. The van der Waals surface area contributed by atoms with Gasteiger partial charge >= 0.3 is 6.03 Å². The number of ether oxygens (including phenoxy) is 1. The van der Waals surface area contributed by atoms with E-state index < -0.39 is 0 Å². The monoisotopic (exact) mass is 374 g/mol. The first-order valence-corrected chi connectivity index (χ1v) is 8.52. The summed E-state index contributed by atoms with van der Waals surface area (Å²) in [7, 11) is 1.52. The summed E-state index contributed by atoms with van der Waals surface area (Å²) in [4.78, 5) is 31.9. The smallest absolute Gasteiger partial charge is 0.318 e. The fourth-order valence-corrected chi connectivity index (χ4v) is 2.82.